The molecule has 0 rings (SSSR count). The molecule has 0 radical (unpaired) electrons. The smallest absolute Gasteiger partial charge is 0.284 e. The van der Waals surface area contributed by atoms with E-state index in [2.05, 4.69) is 4.18 Å². The fraction of sp³-hybridized carbons (Fsp3) is 0.667. The number of nitrogens with zero attached hydrogens (tertiary/aromatic N) is 1. The van der Waals surface area contributed by atoms with Crippen molar-refractivity contribution in [2.24, 2.45) is 0 Å². The summed E-state index contributed by atoms with van der Waals surface area (Å²) in [5.41, 5.74) is 0. The second kappa shape index (κ2) is 4.71. The van der Waals surface area contributed by atoms with E-state index >= 15 is 0 Å². The third-order valence-electron chi connectivity index (χ3n) is 0.398. The Morgan fingerprint density at radius 3 is 2.88 bits per heavy atom. The van der Waals surface area contributed by atoms with Gasteiger partial charge in [-0.05, 0) is 0 Å². The van der Waals surface area contributed by atoms with Crippen LogP contribution in [0.3, 0.4) is 0 Å². The van der Waals surface area contributed by atoms with Crippen LogP contribution in [0.2, 0.25) is 0 Å². The Labute approximate surface area is 49.6 Å². The van der Waals surface area contributed by atoms with Gasteiger partial charge in [-0.25, -0.2) is 0 Å². The number of hydrogen-bond acceptors (Lipinski definition) is 3. The highest BCUT2D eigenvalue weighted by atomic mass is 32.2. The van der Waals surface area contributed by atoms with Gasteiger partial charge in [-0.1, -0.05) is 0 Å². The first-order valence-corrected chi connectivity index (χ1v) is 2.91. The van der Waals surface area contributed by atoms with Gasteiger partial charge >= 0.3 is 11.4 Å². The van der Waals surface area contributed by atoms with Gasteiger partial charge in [-0.3, -0.25) is 8.74 Å². The van der Waals surface area contributed by atoms with E-state index in [0.717, 1.165) is 0 Å². The fourth-order valence-electron chi connectivity index (χ4n) is 0.159. The Morgan fingerprint density at radius 2 is 2.50 bits per heavy atom. The second-order valence-electron chi connectivity index (χ2n) is 0.947. The molecule has 46 valence electrons. The topological polar surface area (TPSA) is 70.3 Å². The molecule has 0 fully saturated rings. The van der Waals surface area contributed by atoms with Crippen molar-refractivity contribution in [2.75, 3.05) is 6.61 Å². The van der Waals surface area contributed by atoms with Crippen LogP contribution in [0.25, 0.3) is 0 Å². The van der Waals surface area contributed by atoms with Crippen molar-refractivity contribution in [1.29, 1.82) is 5.26 Å². The van der Waals surface area contributed by atoms with E-state index in [1.54, 1.807) is 6.07 Å². The van der Waals surface area contributed by atoms with Gasteiger partial charge in [-0.15, -0.1) is 0 Å². The molecule has 0 aliphatic rings. The summed E-state index contributed by atoms with van der Waals surface area (Å²) in [5, 5.41) is 7.87. The summed E-state index contributed by atoms with van der Waals surface area (Å²) >= 11 is -2.22. The normalized spacial score (nSPS) is 12.5. The van der Waals surface area contributed by atoms with Crippen LogP contribution in [0.1, 0.15) is 6.42 Å². The largest absolute Gasteiger partial charge is 0.301 e. The standard InChI is InChI=1S/C3H5NO3S/c4-2-1-3-7-8(5)6/h1,3H2,(H,5,6). The SMILES string of the molecule is N#CCCOS(=O)O. The Morgan fingerprint density at radius 1 is 1.88 bits per heavy atom. The van der Waals surface area contributed by atoms with Crippen molar-refractivity contribution in [3.8, 4) is 6.07 Å². The summed E-state index contributed by atoms with van der Waals surface area (Å²) < 4.78 is 21.7. The Hall–Kier alpha value is -0.440. The van der Waals surface area contributed by atoms with E-state index < -0.39 is 11.4 Å². The summed E-state index contributed by atoms with van der Waals surface area (Å²) in [6, 6.07) is 1.75. The molecule has 0 saturated heterocycles. The molecule has 0 aliphatic carbocycles. The zero-order valence-corrected chi connectivity index (χ0v) is 4.85. The molecule has 1 N–H and O–H groups in total. The number of nitriles is 1. The van der Waals surface area contributed by atoms with Gasteiger partial charge in [0.25, 0.3) is 0 Å². The lowest BCUT2D eigenvalue weighted by molar-refractivity contribution is 0.314. The van der Waals surface area contributed by atoms with E-state index in [1.165, 1.54) is 0 Å². The number of rotatable bonds is 3. The molecule has 0 aromatic rings. The fourth-order valence-corrected chi connectivity index (χ4v) is 0.385. The highest BCUT2D eigenvalue weighted by Crippen LogP contribution is 1.81. The average Bonchev–Trinajstić information content (AvgIpc) is 1.66. The average molecular weight is 135 g/mol. The van der Waals surface area contributed by atoms with Crippen molar-refractivity contribution in [3.05, 3.63) is 0 Å². The molecule has 0 aromatic heterocycles. The van der Waals surface area contributed by atoms with Crippen LogP contribution >= 0.6 is 0 Å². The van der Waals surface area contributed by atoms with Crippen LogP contribution in [0.15, 0.2) is 0 Å². The highest BCUT2D eigenvalue weighted by Gasteiger charge is 1.89. The molecular formula is C3H5NO3S. The maximum atomic E-state index is 9.65. The van der Waals surface area contributed by atoms with Crippen molar-refractivity contribution in [3.63, 3.8) is 0 Å². The zero-order chi connectivity index (χ0) is 6.41. The Bertz CT molecular complexity index is 118. The van der Waals surface area contributed by atoms with Gasteiger partial charge in [-0.2, -0.15) is 9.47 Å². The first-order chi connectivity index (χ1) is 3.77. The van der Waals surface area contributed by atoms with Gasteiger partial charge in [0.1, 0.15) is 0 Å². The molecule has 1 atom stereocenters. The minimum absolute atomic E-state index is 0.0135. The Balaban J connectivity index is 2.97. The molecule has 5 heteroatoms. The lowest BCUT2D eigenvalue weighted by Crippen LogP contribution is -1.95. The van der Waals surface area contributed by atoms with Gasteiger partial charge < -0.3 is 0 Å². The third-order valence-corrected chi connectivity index (χ3v) is 0.766. The highest BCUT2D eigenvalue weighted by molar-refractivity contribution is 7.74. The van der Waals surface area contributed by atoms with E-state index in [1.807, 2.05) is 0 Å². The molecule has 0 bridgehead atoms. The summed E-state index contributed by atoms with van der Waals surface area (Å²) in [4.78, 5) is 0. The van der Waals surface area contributed by atoms with Gasteiger partial charge in [0, 0.05) is 0 Å². The summed E-state index contributed by atoms with van der Waals surface area (Å²) in [6.45, 7) is 0.0135. The Kier molecular flexibility index (Phi) is 4.45. The van der Waals surface area contributed by atoms with E-state index in [0.29, 0.717) is 0 Å². The van der Waals surface area contributed by atoms with Crippen LogP contribution < -0.4 is 0 Å². The lowest BCUT2D eigenvalue weighted by atomic mass is 10.5. The maximum absolute atomic E-state index is 9.65. The van der Waals surface area contributed by atoms with Crippen LogP contribution in [-0.2, 0) is 15.5 Å². The molecule has 0 amide bonds. The molecule has 0 aliphatic heterocycles. The second-order valence-corrected chi connectivity index (χ2v) is 1.62. The van der Waals surface area contributed by atoms with Crippen molar-refractivity contribution in [1.82, 2.24) is 0 Å². The molecule has 0 spiro atoms. The van der Waals surface area contributed by atoms with Crippen LogP contribution in [-0.4, -0.2) is 15.4 Å². The predicted molar refractivity (Wildman–Crippen MR) is 27.0 cm³/mol. The van der Waals surface area contributed by atoms with Gasteiger partial charge in [0.15, 0.2) is 0 Å². The summed E-state index contributed by atoms with van der Waals surface area (Å²) in [5.74, 6) is 0. The van der Waals surface area contributed by atoms with E-state index in [-0.39, 0.29) is 13.0 Å². The number of hydrogen-bond donors (Lipinski definition) is 1. The molecular weight excluding hydrogens is 130 g/mol. The molecule has 8 heavy (non-hydrogen) atoms. The first kappa shape index (κ1) is 7.56. The predicted octanol–water partition coefficient (Wildman–Crippen LogP) is 0.0534. The summed E-state index contributed by atoms with van der Waals surface area (Å²) in [6.07, 6.45) is 0.145. The third kappa shape index (κ3) is 5.56. The minimum atomic E-state index is -2.22. The monoisotopic (exact) mass is 135 g/mol. The maximum Gasteiger partial charge on any atom is 0.301 e. The molecule has 0 aromatic carbocycles. The van der Waals surface area contributed by atoms with Crippen LogP contribution in [0.5, 0.6) is 0 Å². The molecule has 4 nitrogen and oxygen atoms in total. The van der Waals surface area contributed by atoms with Crippen LogP contribution in [0, 0.1) is 11.3 Å². The van der Waals surface area contributed by atoms with Crippen molar-refractivity contribution >= 4 is 11.4 Å². The lowest BCUT2D eigenvalue weighted by Gasteiger charge is -1.88. The van der Waals surface area contributed by atoms with Gasteiger partial charge in [0.05, 0.1) is 19.1 Å². The first-order valence-electron chi connectivity index (χ1n) is 1.88. The van der Waals surface area contributed by atoms with Gasteiger partial charge in [0.2, 0.25) is 0 Å². The molecule has 0 heterocycles. The van der Waals surface area contributed by atoms with E-state index in [9.17, 15) is 4.21 Å². The minimum Gasteiger partial charge on any atom is -0.284 e. The zero-order valence-electron chi connectivity index (χ0n) is 4.03. The van der Waals surface area contributed by atoms with Crippen LogP contribution in [0.4, 0.5) is 0 Å². The molecule has 1 unspecified atom stereocenters. The van der Waals surface area contributed by atoms with Crippen molar-refractivity contribution in [2.45, 2.75) is 6.42 Å². The van der Waals surface area contributed by atoms with E-state index in [4.69, 9.17) is 9.81 Å². The van der Waals surface area contributed by atoms with Crippen molar-refractivity contribution < 1.29 is 12.9 Å². The molecule has 0 saturated carbocycles. The quantitative estimate of drug-likeness (QED) is 0.438. The summed E-state index contributed by atoms with van der Waals surface area (Å²) in [7, 11) is 0.